The molecule has 0 aliphatic rings. The average Bonchev–Trinajstić information content (AvgIpc) is 2.69. The molecule has 2 heterocycles. The van der Waals surface area contributed by atoms with Crippen molar-refractivity contribution in [2.75, 3.05) is 5.32 Å². The minimum atomic E-state index is -0.189. The zero-order valence-electron chi connectivity index (χ0n) is 10.9. The Morgan fingerprint density at radius 3 is 2.42 bits per heavy atom. The van der Waals surface area contributed by atoms with E-state index in [0.29, 0.717) is 5.13 Å². The third kappa shape index (κ3) is 3.25. The van der Waals surface area contributed by atoms with Gasteiger partial charge in [0.1, 0.15) is 11.6 Å². The van der Waals surface area contributed by atoms with E-state index in [1.807, 2.05) is 6.92 Å². The van der Waals surface area contributed by atoms with Crippen LogP contribution in [0.15, 0.2) is 16.9 Å². The number of hydrogen-bond donors (Lipinski definition) is 1. The molecule has 0 aliphatic carbocycles. The molecule has 0 fully saturated rings. The maximum Gasteiger partial charge on any atom is 0.246 e. The van der Waals surface area contributed by atoms with Crippen LogP contribution in [0.3, 0.4) is 0 Å². The van der Waals surface area contributed by atoms with Gasteiger partial charge < -0.3 is 4.57 Å². The number of nitrogens with zero attached hydrogens (tertiary/aromatic N) is 3. The Kier molecular flexibility index (Phi) is 3.75. The Balaban J connectivity index is 2.13. The van der Waals surface area contributed by atoms with E-state index in [1.165, 1.54) is 23.5 Å². The molecule has 6 nitrogen and oxygen atoms in total. The first kappa shape index (κ1) is 13.4. The first-order valence-corrected chi connectivity index (χ1v) is 6.55. The monoisotopic (exact) mass is 278 g/mol. The lowest BCUT2D eigenvalue weighted by Gasteiger charge is -2.13. The van der Waals surface area contributed by atoms with Crippen molar-refractivity contribution in [3.05, 3.63) is 38.8 Å². The summed E-state index contributed by atoms with van der Waals surface area (Å²) in [5, 5.41) is 11.6. The SMILES string of the molecule is Cc1nnc(NC(=O)Cn2c(C)cc(=O)cc2C)s1. The quantitative estimate of drug-likeness (QED) is 0.917. The first-order chi connectivity index (χ1) is 8.95. The zero-order chi connectivity index (χ0) is 14.0. The second-order valence-corrected chi connectivity index (χ2v) is 5.42. The van der Waals surface area contributed by atoms with Gasteiger partial charge >= 0.3 is 0 Å². The van der Waals surface area contributed by atoms with E-state index in [0.717, 1.165) is 16.4 Å². The predicted molar refractivity (Wildman–Crippen MR) is 73.5 cm³/mol. The summed E-state index contributed by atoms with van der Waals surface area (Å²) >= 11 is 1.32. The van der Waals surface area contributed by atoms with E-state index in [9.17, 15) is 9.59 Å². The van der Waals surface area contributed by atoms with Gasteiger partial charge in [0.05, 0.1) is 0 Å². The highest BCUT2D eigenvalue weighted by molar-refractivity contribution is 7.15. The number of rotatable bonds is 3. The Morgan fingerprint density at radius 1 is 1.26 bits per heavy atom. The molecule has 0 radical (unpaired) electrons. The Morgan fingerprint density at radius 2 is 1.89 bits per heavy atom. The van der Waals surface area contributed by atoms with Gasteiger partial charge in [0.25, 0.3) is 0 Å². The number of nitrogens with one attached hydrogen (secondary N) is 1. The molecule has 0 aliphatic heterocycles. The minimum Gasteiger partial charge on any atom is -0.340 e. The number of anilines is 1. The summed E-state index contributed by atoms with van der Waals surface area (Å²) in [6.45, 7) is 5.58. The fourth-order valence-electron chi connectivity index (χ4n) is 1.79. The van der Waals surface area contributed by atoms with Crippen molar-refractivity contribution in [1.29, 1.82) is 0 Å². The van der Waals surface area contributed by atoms with Crippen molar-refractivity contribution in [3.63, 3.8) is 0 Å². The lowest BCUT2D eigenvalue weighted by Crippen LogP contribution is -2.23. The van der Waals surface area contributed by atoms with E-state index >= 15 is 0 Å². The van der Waals surface area contributed by atoms with Crippen molar-refractivity contribution in [2.45, 2.75) is 27.3 Å². The van der Waals surface area contributed by atoms with Crippen molar-refractivity contribution in [3.8, 4) is 0 Å². The third-order valence-corrected chi connectivity index (χ3v) is 3.38. The zero-order valence-corrected chi connectivity index (χ0v) is 11.7. The summed E-state index contributed by atoms with van der Waals surface area (Å²) in [6, 6.07) is 3.02. The highest BCUT2D eigenvalue weighted by atomic mass is 32.1. The normalized spacial score (nSPS) is 10.5. The van der Waals surface area contributed by atoms with Gasteiger partial charge in [-0.3, -0.25) is 14.9 Å². The summed E-state index contributed by atoms with van der Waals surface area (Å²) in [6.07, 6.45) is 0. The minimum absolute atomic E-state index is 0.0496. The molecule has 0 saturated carbocycles. The van der Waals surface area contributed by atoms with Crippen LogP contribution in [-0.4, -0.2) is 20.7 Å². The second kappa shape index (κ2) is 5.31. The predicted octanol–water partition coefficient (Wildman–Crippen LogP) is 1.26. The molecule has 0 spiro atoms. The molecule has 1 N–H and O–H groups in total. The van der Waals surface area contributed by atoms with Gasteiger partial charge in [0.15, 0.2) is 5.43 Å². The molecular weight excluding hydrogens is 264 g/mol. The summed E-state index contributed by atoms with van der Waals surface area (Å²) < 4.78 is 1.78. The molecular formula is C12H14N4O2S. The van der Waals surface area contributed by atoms with E-state index < -0.39 is 0 Å². The molecule has 0 unspecified atom stereocenters. The molecule has 7 heteroatoms. The number of carbonyl (C=O) groups is 1. The second-order valence-electron chi connectivity index (χ2n) is 4.23. The van der Waals surface area contributed by atoms with E-state index in [2.05, 4.69) is 15.5 Å². The number of aromatic nitrogens is 3. The van der Waals surface area contributed by atoms with Crippen LogP contribution in [0.25, 0.3) is 0 Å². The lowest BCUT2D eigenvalue weighted by molar-refractivity contribution is -0.116. The summed E-state index contributed by atoms with van der Waals surface area (Å²) in [4.78, 5) is 23.2. The number of aryl methyl sites for hydroxylation is 3. The van der Waals surface area contributed by atoms with E-state index in [-0.39, 0.29) is 17.9 Å². The van der Waals surface area contributed by atoms with Crippen molar-refractivity contribution in [2.24, 2.45) is 0 Å². The largest absolute Gasteiger partial charge is 0.340 e. The van der Waals surface area contributed by atoms with Gasteiger partial charge in [0.2, 0.25) is 11.0 Å². The van der Waals surface area contributed by atoms with Gasteiger partial charge in [-0.25, -0.2) is 0 Å². The standard InChI is InChI=1S/C12H14N4O2S/c1-7-4-10(17)5-8(2)16(7)6-11(18)13-12-15-14-9(3)19-12/h4-5H,6H2,1-3H3,(H,13,15,18). The Bertz CT molecular complexity index is 648. The molecule has 0 atom stereocenters. The molecule has 2 aromatic rings. The van der Waals surface area contributed by atoms with Gasteiger partial charge in [-0.2, -0.15) is 0 Å². The molecule has 0 saturated heterocycles. The fraction of sp³-hybridized carbons (Fsp3) is 0.333. The Labute approximate surface area is 114 Å². The first-order valence-electron chi connectivity index (χ1n) is 5.74. The number of hydrogen-bond acceptors (Lipinski definition) is 5. The Hall–Kier alpha value is -2.02. The molecule has 2 aromatic heterocycles. The molecule has 19 heavy (non-hydrogen) atoms. The van der Waals surface area contributed by atoms with Crippen LogP contribution >= 0.6 is 11.3 Å². The van der Waals surface area contributed by atoms with Crippen LogP contribution in [-0.2, 0) is 11.3 Å². The van der Waals surface area contributed by atoms with Crippen LogP contribution in [0.4, 0.5) is 5.13 Å². The molecule has 2 rings (SSSR count). The van der Waals surface area contributed by atoms with Gasteiger partial charge in [-0.1, -0.05) is 11.3 Å². The van der Waals surface area contributed by atoms with Crippen LogP contribution in [0.1, 0.15) is 16.4 Å². The van der Waals surface area contributed by atoms with Gasteiger partial charge in [-0.15, -0.1) is 10.2 Å². The van der Waals surface area contributed by atoms with Crippen molar-refractivity contribution in [1.82, 2.24) is 14.8 Å². The van der Waals surface area contributed by atoms with Crippen LogP contribution in [0, 0.1) is 20.8 Å². The molecule has 0 bridgehead atoms. The highest BCUT2D eigenvalue weighted by Crippen LogP contribution is 2.13. The van der Waals surface area contributed by atoms with Crippen molar-refractivity contribution < 1.29 is 4.79 Å². The van der Waals surface area contributed by atoms with Crippen molar-refractivity contribution >= 4 is 22.4 Å². The van der Waals surface area contributed by atoms with Gasteiger partial charge in [-0.05, 0) is 20.8 Å². The maximum atomic E-state index is 11.9. The van der Waals surface area contributed by atoms with Crippen LogP contribution in [0.5, 0.6) is 0 Å². The molecule has 1 amide bonds. The smallest absolute Gasteiger partial charge is 0.246 e. The van der Waals surface area contributed by atoms with Gasteiger partial charge in [0, 0.05) is 23.5 Å². The summed E-state index contributed by atoms with van der Waals surface area (Å²) in [5.74, 6) is -0.189. The lowest BCUT2D eigenvalue weighted by atomic mass is 10.3. The van der Waals surface area contributed by atoms with E-state index in [1.54, 1.807) is 18.4 Å². The average molecular weight is 278 g/mol. The maximum absolute atomic E-state index is 11.9. The topological polar surface area (TPSA) is 76.9 Å². The third-order valence-electron chi connectivity index (χ3n) is 2.63. The van der Waals surface area contributed by atoms with Crippen LogP contribution < -0.4 is 10.7 Å². The number of amides is 1. The highest BCUT2D eigenvalue weighted by Gasteiger charge is 2.09. The number of carbonyl (C=O) groups excluding carboxylic acids is 1. The fourth-order valence-corrected chi connectivity index (χ4v) is 2.39. The molecule has 100 valence electrons. The summed E-state index contributed by atoms with van der Waals surface area (Å²) in [5.41, 5.74) is 1.47. The van der Waals surface area contributed by atoms with Crippen LogP contribution in [0.2, 0.25) is 0 Å². The summed E-state index contributed by atoms with van der Waals surface area (Å²) in [7, 11) is 0. The number of pyridine rings is 1. The van der Waals surface area contributed by atoms with E-state index in [4.69, 9.17) is 0 Å². The molecule has 0 aromatic carbocycles.